The number of rotatable bonds is 12. The van der Waals surface area contributed by atoms with Gasteiger partial charge in [0.2, 0.25) is 11.6 Å². The van der Waals surface area contributed by atoms with Crippen molar-refractivity contribution >= 4 is 47.4 Å². The third-order valence-electron chi connectivity index (χ3n) is 9.60. The zero-order chi connectivity index (χ0) is 56.2. The van der Waals surface area contributed by atoms with Crippen LogP contribution in [-0.4, -0.2) is 79.5 Å². The van der Waals surface area contributed by atoms with E-state index in [1.54, 1.807) is 28.4 Å². The van der Waals surface area contributed by atoms with Gasteiger partial charge in [0.25, 0.3) is 0 Å². The third-order valence-corrected chi connectivity index (χ3v) is 9.60. The standard InChI is InChI=1S/2C15H15N2O2.2C7HF5O2.2C4H8O.2Mo/c2*1-18-14-7-3-12(4-8-14)16-11-17-13-5-9-15(19-2)10-6-13;2*8-2-1(7(13)14)3(9)5(11)6(12)4(2)10;2*1-2-4-5-3-1;;/h2*3-11H,1-2H3;2*(H,13,14);2*1-4H2;;/q2*-1;;;;;2*+2/p-2. The van der Waals surface area contributed by atoms with Gasteiger partial charge in [-0.05, 0) is 97.0 Å². The SMILES string of the molecule is C1CCOC1.C1CCOC1.COc1ccc(N=C[N-]c2ccc(OC)cc2)cc1.COc1ccc(N=C[N-]c2ccc(OC)cc2)cc1.O=C([O-])c1c(F)c(F)c(F)c(F)c1F.O=C([O-])c1c(F)c(F)c(F)c(F)c1F.[Mo+2].[Mo+2]. The van der Waals surface area contributed by atoms with Crippen molar-refractivity contribution in [1.29, 1.82) is 0 Å². The minimum absolute atomic E-state index is 0. The van der Waals surface area contributed by atoms with Gasteiger partial charge >= 0.3 is 42.1 Å². The van der Waals surface area contributed by atoms with Crippen LogP contribution in [0.4, 0.5) is 66.7 Å². The van der Waals surface area contributed by atoms with Gasteiger partial charge in [0.1, 0.15) is 23.0 Å². The Bertz CT molecular complexity index is 2570. The number of carbonyl (C=O) groups excluding carboxylic acids is 2. The van der Waals surface area contributed by atoms with E-state index in [9.17, 15) is 63.7 Å². The zero-order valence-corrected chi connectivity index (χ0v) is 45.5. The van der Waals surface area contributed by atoms with Crippen LogP contribution in [0.2, 0.25) is 0 Å². The molecule has 0 saturated carbocycles. The van der Waals surface area contributed by atoms with Crippen LogP contribution in [-0.2, 0) is 51.6 Å². The van der Waals surface area contributed by atoms with E-state index < -0.39 is 81.2 Å². The number of carboxylic acid groups (broad SMARTS) is 2. The van der Waals surface area contributed by atoms with Crippen molar-refractivity contribution in [1.82, 2.24) is 0 Å². The Hall–Kier alpha value is -7.00. The Morgan fingerprint density at radius 3 is 0.821 bits per heavy atom. The Labute approximate surface area is 469 Å². The molecule has 0 amide bonds. The largest absolute Gasteiger partial charge is 2.00 e. The number of carboxylic acids is 2. The smallest absolute Gasteiger partial charge is 0.545 e. The summed E-state index contributed by atoms with van der Waals surface area (Å²) in [6.07, 6.45) is 8.17. The van der Waals surface area contributed by atoms with Crippen molar-refractivity contribution in [2.75, 3.05) is 54.9 Å². The predicted octanol–water partition coefficient (Wildman–Crippen LogP) is 11.2. The molecule has 0 aromatic heterocycles. The molecule has 2 saturated heterocycles. The molecule has 2 aliphatic rings. The summed E-state index contributed by atoms with van der Waals surface area (Å²) in [5, 5.41) is 28.5. The number of methoxy groups -OCH3 is 4. The fourth-order valence-corrected chi connectivity index (χ4v) is 5.59. The number of halogens is 10. The zero-order valence-electron chi connectivity index (χ0n) is 41.5. The van der Waals surface area contributed by atoms with E-state index in [2.05, 4.69) is 20.6 Å². The van der Waals surface area contributed by atoms with Gasteiger partial charge in [0, 0.05) is 26.4 Å². The molecule has 0 atom stereocenters. The van der Waals surface area contributed by atoms with Crippen LogP contribution in [0.1, 0.15) is 46.4 Å². The van der Waals surface area contributed by atoms with E-state index in [4.69, 9.17) is 28.4 Å². The van der Waals surface area contributed by atoms with Crippen molar-refractivity contribution in [3.05, 3.63) is 177 Å². The summed E-state index contributed by atoms with van der Waals surface area (Å²) in [5.41, 5.74) is -0.616. The molecule has 0 radical (unpaired) electrons. The van der Waals surface area contributed by atoms with E-state index in [1.807, 2.05) is 97.1 Å². The van der Waals surface area contributed by atoms with Crippen LogP contribution < -0.4 is 29.2 Å². The van der Waals surface area contributed by atoms with E-state index >= 15 is 0 Å². The molecule has 2 fully saturated rings. The number of benzene rings is 6. The van der Waals surface area contributed by atoms with Crippen molar-refractivity contribution < 1.29 is 134 Å². The average Bonchev–Trinajstić information content (AvgIpc) is 4.24. The molecule has 2 heterocycles. The minimum Gasteiger partial charge on any atom is -0.545 e. The molecule has 416 valence electrons. The summed E-state index contributed by atoms with van der Waals surface area (Å²) in [6, 6.07) is 29.9. The number of ether oxygens (including phenoxy) is 6. The molecule has 14 nitrogen and oxygen atoms in total. The van der Waals surface area contributed by atoms with Crippen LogP contribution in [0.3, 0.4) is 0 Å². The first-order chi connectivity index (χ1) is 36.4. The number of hydrogen-bond acceptors (Lipinski definition) is 12. The van der Waals surface area contributed by atoms with Gasteiger partial charge in [-0.1, -0.05) is 61.2 Å². The maximum atomic E-state index is 12.5. The van der Waals surface area contributed by atoms with Crippen LogP contribution in [0.15, 0.2) is 107 Å². The molecule has 6 aromatic rings. The molecular weight excluding hydrogens is 1220 g/mol. The van der Waals surface area contributed by atoms with E-state index in [1.165, 1.54) is 38.4 Å². The fraction of sp³-hybridized carbons (Fsp3) is 0.231. The van der Waals surface area contributed by atoms with Crippen LogP contribution in [0, 0.1) is 58.2 Å². The van der Waals surface area contributed by atoms with Gasteiger partial charge in [0.05, 0.1) is 51.5 Å². The first-order valence-corrected chi connectivity index (χ1v) is 22.0. The summed E-state index contributed by atoms with van der Waals surface area (Å²) in [7, 11) is 6.54. The first kappa shape index (κ1) is 69.0. The Balaban J connectivity index is 0.000000488. The minimum atomic E-state index is -2.47. The molecule has 2 aliphatic heterocycles. The monoisotopic (exact) mass is 1270 g/mol. The number of aromatic carboxylic acids is 2. The van der Waals surface area contributed by atoms with Crippen molar-refractivity contribution in [2.24, 2.45) is 9.98 Å². The Morgan fingerprint density at radius 1 is 0.410 bits per heavy atom. The summed E-state index contributed by atoms with van der Waals surface area (Å²) >= 11 is 0. The molecule has 26 heteroatoms. The maximum Gasteiger partial charge on any atom is 2.00 e. The molecule has 0 N–H and O–H groups in total. The molecule has 0 bridgehead atoms. The third kappa shape index (κ3) is 22.5. The number of nitrogens with zero attached hydrogens (tertiary/aromatic N) is 4. The van der Waals surface area contributed by atoms with Gasteiger partial charge in [-0.3, -0.25) is 0 Å². The van der Waals surface area contributed by atoms with E-state index in [-0.39, 0.29) is 42.1 Å². The molecular formula is C52H46F10Mo2N4O10. The normalized spacial score (nSPS) is 11.9. The van der Waals surface area contributed by atoms with Crippen LogP contribution in [0.5, 0.6) is 23.0 Å². The molecule has 0 unspecified atom stereocenters. The van der Waals surface area contributed by atoms with Crippen LogP contribution in [0.25, 0.3) is 10.6 Å². The van der Waals surface area contributed by atoms with E-state index in [0.717, 1.165) is 72.2 Å². The van der Waals surface area contributed by atoms with Crippen LogP contribution >= 0.6 is 0 Å². The molecule has 8 rings (SSSR count). The topological polar surface area (TPSA) is 189 Å². The van der Waals surface area contributed by atoms with Gasteiger partial charge in [-0.15, -0.1) is 0 Å². The van der Waals surface area contributed by atoms with Gasteiger partial charge < -0.3 is 68.8 Å². The number of carbonyl (C=O) groups is 2. The second kappa shape index (κ2) is 36.9. The van der Waals surface area contributed by atoms with Gasteiger partial charge in [-0.25, -0.2) is 43.9 Å². The second-order valence-electron chi connectivity index (χ2n) is 14.6. The summed E-state index contributed by atoms with van der Waals surface area (Å²) in [5.74, 6) is -25.5. The van der Waals surface area contributed by atoms with Gasteiger partial charge in [-0.2, -0.15) is 0 Å². The maximum absolute atomic E-state index is 12.5. The van der Waals surface area contributed by atoms with E-state index in [0.29, 0.717) is 0 Å². The summed E-state index contributed by atoms with van der Waals surface area (Å²) in [4.78, 5) is 28.5. The Kier molecular flexibility index (Phi) is 32.7. The predicted molar refractivity (Wildman–Crippen MR) is 256 cm³/mol. The van der Waals surface area contributed by atoms with Crippen molar-refractivity contribution in [3.63, 3.8) is 0 Å². The summed E-state index contributed by atoms with van der Waals surface area (Å²) in [6.45, 7) is 4.00. The number of hydrogen-bond donors (Lipinski definition) is 0. The Morgan fingerprint density at radius 2 is 0.628 bits per heavy atom. The molecule has 0 spiro atoms. The summed E-state index contributed by atoms with van der Waals surface area (Å²) < 4.78 is 154. The molecule has 0 aliphatic carbocycles. The van der Waals surface area contributed by atoms with Gasteiger partial charge in [0.15, 0.2) is 46.5 Å². The molecule has 78 heavy (non-hydrogen) atoms. The average molecular weight is 1270 g/mol. The first-order valence-electron chi connectivity index (χ1n) is 22.0. The quantitative estimate of drug-likeness (QED) is 0.0285. The second-order valence-corrected chi connectivity index (χ2v) is 14.6. The van der Waals surface area contributed by atoms with Crippen molar-refractivity contribution in [2.45, 2.75) is 25.7 Å². The van der Waals surface area contributed by atoms with Crippen molar-refractivity contribution in [3.8, 4) is 23.0 Å². The molecule has 6 aromatic carbocycles. The number of aliphatic imine (C=N–C) groups is 2. The fourth-order valence-electron chi connectivity index (χ4n) is 5.59.